The van der Waals surface area contributed by atoms with Gasteiger partial charge in [0.05, 0.1) is 0 Å². The molecule has 0 aliphatic carbocycles. The molecule has 0 unspecified atom stereocenters. The molecule has 1 nitrogen and oxygen atoms in total. The highest BCUT2D eigenvalue weighted by Gasteiger charge is 2.02. The number of allylic oxidation sites excluding steroid dienone is 4. The van der Waals surface area contributed by atoms with Crippen molar-refractivity contribution in [3.05, 3.63) is 65.8 Å². The molecule has 17 heavy (non-hydrogen) atoms. The van der Waals surface area contributed by atoms with E-state index in [4.69, 9.17) is 0 Å². The molecule has 0 spiro atoms. The minimum Gasteiger partial charge on any atom is -0.381 e. The predicted molar refractivity (Wildman–Crippen MR) is 76.7 cm³/mol. The van der Waals surface area contributed by atoms with Gasteiger partial charge in [-0.15, -0.1) is 0 Å². The third-order valence-corrected chi connectivity index (χ3v) is 2.51. The average Bonchev–Trinajstić information content (AvgIpc) is 2.41. The number of hydrogen-bond acceptors (Lipinski definition) is 1. The Labute approximate surface area is 105 Å². The Hall–Kier alpha value is -1.76. The van der Waals surface area contributed by atoms with Gasteiger partial charge in [0.1, 0.15) is 0 Å². The topological polar surface area (TPSA) is 12.0 Å². The normalized spacial score (nSPS) is 14.3. The largest absolute Gasteiger partial charge is 0.381 e. The quantitative estimate of drug-likeness (QED) is 0.710. The van der Waals surface area contributed by atoms with E-state index < -0.39 is 0 Å². The first-order chi connectivity index (χ1) is 8.27. The third kappa shape index (κ3) is 4.73. The van der Waals surface area contributed by atoms with Crippen LogP contribution in [0.1, 0.15) is 26.3 Å². The van der Waals surface area contributed by atoms with Crippen LogP contribution in [0, 0.1) is 0 Å². The van der Waals surface area contributed by atoms with Gasteiger partial charge in [0.15, 0.2) is 0 Å². The van der Waals surface area contributed by atoms with Crippen LogP contribution in [-0.2, 0) is 0 Å². The first-order valence-electron chi connectivity index (χ1n) is 6.02. The Morgan fingerprint density at radius 3 is 2.12 bits per heavy atom. The van der Waals surface area contributed by atoms with E-state index in [0.717, 1.165) is 6.54 Å². The standard InChI is InChI=1S/C12H13N.C4H8/c1-10-7-8-12(13-9-10)11-5-3-2-4-6-11;1-3-4-2/h2-8,13H,9H2,1H3;3-4H,1-2H3. The summed E-state index contributed by atoms with van der Waals surface area (Å²) in [5.74, 6) is 0. The molecule has 1 heteroatoms. The van der Waals surface area contributed by atoms with E-state index in [2.05, 4.69) is 48.7 Å². The van der Waals surface area contributed by atoms with Crippen molar-refractivity contribution in [3.63, 3.8) is 0 Å². The highest BCUT2D eigenvalue weighted by molar-refractivity contribution is 5.66. The van der Waals surface area contributed by atoms with Gasteiger partial charge in [-0.3, -0.25) is 0 Å². The van der Waals surface area contributed by atoms with Crippen LogP contribution in [0.4, 0.5) is 0 Å². The number of nitrogens with one attached hydrogen (secondary N) is 1. The van der Waals surface area contributed by atoms with Crippen molar-refractivity contribution < 1.29 is 0 Å². The lowest BCUT2D eigenvalue weighted by atomic mass is 10.1. The Balaban J connectivity index is 0.000000317. The van der Waals surface area contributed by atoms with E-state index in [1.807, 2.05) is 32.1 Å². The van der Waals surface area contributed by atoms with Gasteiger partial charge in [-0.1, -0.05) is 54.1 Å². The summed E-state index contributed by atoms with van der Waals surface area (Å²) in [6.45, 7) is 7.09. The zero-order chi connectivity index (χ0) is 12.5. The first-order valence-corrected chi connectivity index (χ1v) is 6.02. The molecule has 2 rings (SSSR count). The molecule has 1 aromatic rings. The van der Waals surface area contributed by atoms with E-state index >= 15 is 0 Å². The molecule has 0 saturated heterocycles. The molecule has 0 aromatic heterocycles. The summed E-state index contributed by atoms with van der Waals surface area (Å²) in [5, 5.41) is 3.38. The van der Waals surface area contributed by atoms with E-state index in [1.165, 1.54) is 16.8 Å². The van der Waals surface area contributed by atoms with Crippen LogP contribution in [0.3, 0.4) is 0 Å². The van der Waals surface area contributed by atoms with Gasteiger partial charge in [0.2, 0.25) is 0 Å². The maximum absolute atomic E-state index is 3.38. The summed E-state index contributed by atoms with van der Waals surface area (Å²) in [6.07, 6.45) is 8.30. The third-order valence-electron chi connectivity index (χ3n) is 2.51. The summed E-state index contributed by atoms with van der Waals surface area (Å²) in [7, 11) is 0. The van der Waals surface area contributed by atoms with Gasteiger partial charge in [0.25, 0.3) is 0 Å². The average molecular weight is 227 g/mol. The maximum atomic E-state index is 3.38. The van der Waals surface area contributed by atoms with Crippen LogP contribution in [0.5, 0.6) is 0 Å². The fourth-order valence-electron chi connectivity index (χ4n) is 1.39. The molecule has 0 radical (unpaired) electrons. The minimum absolute atomic E-state index is 0.959. The second-order valence-corrected chi connectivity index (χ2v) is 3.98. The van der Waals surface area contributed by atoms with Crippen LogP contribution in [0.15, 0.2) is 60.2 Å². The lowest BCUT2D eigenvalue weighted by Crippen LogP contribution is -2.17. The van der Waals surface area contributed by atoms with Crippen LogP contribution < -0.4 is 5.32 Å². The van der Waals surface area contributed by atoms with E-state index in [-0.39, 0.29) is 0 Å². The molecule has 90 valence electrons. The van der Waals surface area contributed by atoms with Crippen LogP contribution in [-0.4, -0.2) is 6.54 Å². The first kappa shape index (κ1) is 13.3. The molecule has 1 N–H and O–H groups in total. The number of dihydropyridines is 1. The lowest BCUT2D eigenvalue weighted by molar-refractivity contribution is 0.941. The Morgan fingerprint density at radius 2 is 1.65 bits per heavy atom. The van der Waals surface area contributed by atoms with Crippen molar-refractivity contribution in [3.8, 4) is 0 Å². The highest BCUT2D eigenvalue weighted by Crippen LogP contribution is 2.14. The van der Waals surface area contributed by atoms with Gasteiger partial charge in [0, 0.05) is 12.2 Å². The Bertz CT molecular complexity index is 406. The van der Waals surface area contributed by atoms with Crippen molar-refractivity contribution in [1.82, 2.24) is 5.32 Å². The SMILES string of the molecule is CC1=CC=C(c2ccccc2)NC1.CC=CC. The number of benzene rings is 1. The van der Waals surface area contributed by atoms with Crippen molar-refractivity contribution in [2.24, 2.45) is 0 Å². The van der Waals surface area contributed by atoms with E-state index in [1.54, 1.807) is 0 Å². The lowest BCUT2D eigenvalue weighted by Gasteiger charge is -2.14. The zero-order valence-corrected chi connectivity index (χ0v) is 10.9. The molecule has 1 heterocycles. The van der Waals surface area contributed by atoms with Gasteiger partial charge in [-0.05, 0) is 32.4 Å². The second-order valence-electron chi connectivity index (χ2n) is 3.98. The fourth-order valence-corrected chi connectivity index (χ4v) is 1.39. The molecular formula is C16H21N. The van der Waals surface area contributed by atoms with Crippen molar-refractivity contribution in [2.45, 2.75) is 20.8 Å². The van der Waals surface area contributed by atoms with Gasteiger partial charge < -0.3 is 5.32 Å². The molecule has 1 aliphatic rings. The van der Waals surface area contributed by atoms with Crippen molar-refractivity contribution in [2.75, 3.05) is 6.54 Å². The van der Waals surface area contributed by atoms with Crippen LogP contribution in [0.2, 0.25) is 0 Å². The molecular weight excluding hydrogens is 206 g/mol. The van der Waals surface area contributed by atoms with Gasteiger partial charge in [-0.2, -0.15) is 0 Å². The minimum atomic E-state index is 0.959. The smallest absolute Gasteiger partial charge is 0.0416 e. The molecule has 0 atom stereocenters. The second kappa shape index (κ2) is 7.50. The zero-order valence-electron chi connectivity index (χ0n) is 10.9. The fraction of sp³-hybridized carbons (Fsp3) is 0.250. The summed E-state index contributed by atoms with van der Waals surface area (Å²) < 4.78 is 0. The summed E-state index contributed by atoms with van der Waals surface area (Å²) in [6, 6.07) is 10.4. The van der Waals surface area contributed by atoms with Crippen LogP contribution in [0.25, 0.3) is 5.70 Å². The highest BCUT2D eigenvalue weighted by atomic mass is 14.9. The Kier molecular flexibility index (Phi) is 5.87. The van der Waals surface area contributed by atoms with Gasteiger partial charge in [-0.25, -0.2) is 0 Å². The van der Waals surface area contributed by atoms with Crippen molar-refractivity contribution >= 4 is 5.70 Å². The molecule has 1 aromatic carbocycles. The number of hydrogen-bond donors (Lipinski definition) is 1. The molecule has 1 aliphatic heterocycles. The molecule has 0 fully saturated rings. The summed E-state index contributed by atoms with van der Waals surface area (Å²) in [5.41, 5.74) is 3.84. The van der Waals surface area contributed by atoms with E-state index in [9.17, 15) is 0 Å². The predicted octanol–water partition coefficient (Wildman–Crippen LogP) is 4.16. The Morgan fingerprint density at radius 1 is 1.00 bits per heavy atom. The van der Waals surface area contributed by atoms with Crippen molar-refractivity contribution in [1.29, 1.82) is 0 Å². The number of rotatable bonds is 1. The van der Waals surface area contributed by atoms with Gasteiger partial charge >= 0.3 is 0 Å². The monoisotopic (exact) mass is 227 g/mol. The summed E-state index contributed by atoms with van der Waals surface area (Å²) in [4.78, 5) is 0. The van der Waals surface area contributed by atoms with E-state index in [0.29, 0.717) is 0 Å². The molecule has 0 saturated carbocycles. The maximum Gasteiger partial charge on any atom is 0.0416 e. The van der Waals surface area contributed by atoms with Crippen LogP contribution >= 0.6 is 0 Å². The molecule has 0 bridgehead atoms. The summed E-state index contributed by atoms with van der Waals surface area (Å²) >= 11 is 0. The molecule has 0 amide bonds.